The molecule has 0 bridgehead atoms. The van der Waals surface area contributed by atoms with Gasteiger partial charge in [0, 0.05) is 31.9 Å². The lowest BCUT2D eigenvalue weighted by molar-refractivity contribution is -0.131. The van der Waals surface area contributed by atoms with Crippen LogP contribution in [0.2, 0.25) is 0 Å². The van der Waals surface area contributed by atoms with E-state index in [0.29, 0.717) is 11.4 Å². The Morgan fingerprint density at radius 3 is 2.64 bits per heavy atom. The maximum atomic E-state index is 12.9. The minimum Gasteiger partial charge on any atom is -0.478 e. The highest BCUT2D eigenvalue weighted by atomic mass is 16.6. The Morgan fingerprint density at radius 2 is 2.07 bits per heavy atom. The Bertz CT molecular complexity index is 735. The molecule has 1 aromatic rings. The molecule has 0 radical (unpaired) electrons. The molecule has 1 N–H and O–H groups in total. The minimum atomic E-state index is -1.01. The number of ether oxygens (including phenoxy) is 1. The van der Waals surface area contributed by atoms with Crippen molar-refractivity contribution in [2.24, 2.45) is 5.92 Å². The van der Waals surface area contributed by atoms with E-state index in [1.165, 1.54) is 18.9 Å². The van der Waals surface area contributed by atoms with E-state index in [0.717, 1.165) is 38.0 Å². The van der Waals surface area contributed by atoms with Crippen molar-refractivity contribution in [3.63, 3.8) is 0 Å². The van der Waals surface area contributed by atoms with Crippen LogP contribution in [0, 0.1) is 5.92 Å². The first-order valence-electron chi connectivity index (χ1n) is 9.83. The summed E-state index contributed by atoms with van der Waals surface area (Å²) < 4.78 is 5.64. The largest absolute Gasteiger partial charge is 0.478 e. The van der Waals surface area contributed by atoms with E-state index in [2.05, 4.69) is 9.88 Å². The number of nitrogens with zero attached hydrogens (tertiary/aromatic N) is 3. The summed E-state index contributed by atoms with van der Waals surface area (Å²) in [6.07, 6.45) is 7.22. The highest BCUT2D eigenvalue weighted by Gasteiger charge is 2.36. The van der Waals surface area contributed by atoms with E-state index < -0.39 is 17.7 Å². The summed E-state index contributed by atoms with van der Waals surface area (Å²) in [5.41, 5.74) is 0.0725. The second-order valence-corrected chi connectivity index (χ2v) is 8.62. The SMILES string of the molecule is CC(C)(C)OC(=O)N(c1ccc(/C=C/C(=O)O)cn1)[C@@H]1CCN(CC2CC2)C1. The van der Waals surface area contributed by atoms with Crippen LogP contribution in [0.25, 0.3) is 6.08 Å². The van der Waals surface area contributed by atoms with Gasteiger partial charge in [0.2, 0.25) is 0 Å². The molecule has 0 spiro atoms. The first kappa shape index (κ1) is 20.3. The topological polar surface area (TPSA) is 83.0 Å². The van der Waals surface area contributed by atoms with Crippen molar-refractivity contribution in [1.29, 1.82) is 0 Å². The van der Waals surface area contributed by atoms with Crippen LogP contribution in [-0.4, -0.2) is 58.3 Å². The summed E-state index contributed by atoms with van der Waals surface area (Å²) >= 11 is 0. The zero-order chi connectivity index (χ0) is 20.3. The van der Waals surface area contributed by atoms with Gasteiger partial charge in [-0.1, -0.05) is 0 Å². The molecule has 1 aliphatic carbocycles. The third-order valence-electron chi connectivity index (χ3n) is 4.85. The Labute approximate surface area is 166 Å². The van der Waals surface area contributed by atoms with Crippen molar-refractivity contribution in [2.45, 2.75) is 51.7 Å². The number of carboxylic acids is 1. The number of carbonyl (C=O) groups excluding carboxylic acids is 1. The lowest BCUT2D eigenvalue weighted by Crippen LogP contribution is -2.45. The molecular weight excluding hydrogens is 358 g/mol. The highest BCUT2D eigenvalue weighted by Crippen LogP contribution is 2.32. The van der Waals surface area contributed by atoms with Crippen LogP contribution in [0.3, 0.4) is 0 Å². The van der Waals surface area contributed by atoms with Gasteiger partial charge in [-0.05, 0) is 69.7 Å². The van der Waals surface area contributed by atoms with E-state index >= 15 is 0 Å². The Hall–Kier alpha value is -2.41. The number of anilines is 1. The standard InChI is InChI=1S/C21H29N3O4/c1-21(2,3)28-20(27)24(17-10-11-23(14-17)13-16-4-5-16)18-8-6-15(12-22-18)7-9-19(25)26/h6-9,12,16-17H,4-5,10-11,13-14H2,1-3H3,(H,25,26)/b9-7+/t17-/m1/s1. The van der Waals surface area contributed by atoms with Gasteiger partial charge < -0.3 is 14.7 Å². The molecule has 1 aliphatic heterocycles. The molecule has 2 aliphatic rings. The average molecular weight is 387 g/mol. The summed E-state index contributed by atoms with van der Waals surface area (Å²) in [6.45, 7) is 8.45. The molecule has 1 amide bonds. The molecule has 1 saturated carbocycles. The summed E-state index contributed by atoms with van der Waals surface area (Å²) in [6, 6.07) is 3.52. The highest BCUT2D eigenvalue weighted by molar-refractivity contribution is 5.88. The lowest BCUT2D eigenvalue weighted by atomic mass is 10.2. The molecule has 2 fully saturated rings. The molecule has 3 rings (SSSR count). The molecule has 7 heteroatoms. The number of hydrogen-bond acceptors (Lipinski definition) is 5. The third-order valence-corrected chi connectivity index (χ3v) is 4.85. The smallest absolute Gasteiger partial charge is 0.416 e. The van der Waals surface area contributed by atoms with Crippen molar-refractivity contribution in [3.8, 4) is 0 Å². The summed E-state index contributed by atoms with van der Waals surface area (Å²) in [5.74, 6) is 0.327. The number of likely N-dealkylation sites (tertiary alicyclic amines) is 1. The van der Waals surface area contributed by atoms with E-state index in [1.54, 1.807) is 23.2 Å². The van der Waals surface area contributed by atoms with Gasteiger partial charge in [0.25, 0.3) is 0 Å². The van der Waals surface area contributed by atoms with Gasteiger partial charge in [-0.15, -0.1) is 0 Å². The van der Waals surface area contributed by atoms with Crippen LogP contribution >= 0.6 is 0 Å². The summed E-state index contributed by atoms with van der Waals surface area (Å²) in [7, 11) is 0. The predicted molar refractivity (Wildman–Crippen MR) is 107 cm³/mol. The second-order valence-electron chi connectivity index (χ2n) is 8.62. The van der Waals surface area contributed by atoms with E-state index in [9.17, 15) is 9.59 Å². The number of amides is 1. The Balaban J connectivity index is 1.77. The number of rotatable bonds is 6. The quantitative estimate of drug-likeness (QED) is 0.753. The number of aliphatic carboxylic acids is 1. The van der Waals surface area contributed by atoms with Crippen LogP contribution < -0.4 is 4.90 Å². The summed E-state index contributed by atoms with van der Waals surface area (Å²) in [4.78, 5) is 32.1. The van der Waals surface area contributed by atoms with Gasteiger partial charge in [-0.25, -0.2) is 14.6 Å². The van der Waals surface area contributed by atoms with Crippen LogP contribution in [0.15, 0.2) is 24.4 Å². The maximum Gasteiger partial charge on any atom is 0.416 e. The van der Waals surface area contributed by atoms with Crippen LogP contribution in [0.4, 0.5) is 10.6 Å². The first-order chi connectivity index (χ1) is 13.2. The molecule has 1 aromatic heterocycles. The Morgan fingerprint density at radius 1 is 1.32 bits per heavy atom. The molecule has 7 nitrogen and oxygen atoms in total. The molecule has 0 aromatic carbocycles. The van der Waals surface area contributed by atoms with Crippen molar-refractivity contribution in [2.75, 3.05) is 24.5 Å². The zero-order valence-corrected chi connectivity index (χ0v) is 16.8. The van der Waals surface area contributed by atoms with Gasteiger partial charge in [-0.3, -0.25) is 4.90 Å². The first-order valence-corrected chi connectivity index (χ1v) is 9.83. The molecule has 2 heterocycles. The minimum absolute atomic E-state index is 0.0153. The van der Waals surface area contributed by atoms with Crippen molar-refractivity contribution in [1.82, 2.24) is 9.88 Å². The predicted octanol–water partition coefficient (Wildman–Crippen LogP) is 3.41. The number of carbonyl (C=O) groups is 2. The molecular formula is C21H29N3O4. The van der Waals surface area contributed by atoms with Gasteiger partial charge in [0.05, 0.1) is 6.04 Å². The number of pyridine rings is 1. The van der Waals surface area contributed by atoms with Crippen LogP contribution in [0.1, 0.15) is 45.6 Å². The number of hydrogen-bond donors (Lipinski definition) is 1. The molecule has 1 saturated heterocycles. The monoisotopic (exact) mass is 387 g/mol. The average Bonchev–Trinajstić information content (AvgIpc) is 3.30. The van der Waals surface area contributed by atoms with Gasteiger partial charge in [-0.2, -0.15) is 0 Å². The van der Waals surface area contributed by atoms with Crippen molar-refractivity contribution < 1.29 is 19.4 Å². The fourth-order valence-electron chi connectivity index (χ4n) is 3.40. The van der Waals surface area contributed by atoms with Crippen LogP contribution in [0.5, 0.6) is 0 Å². The van der Waals surface area contributed by atoms with E-state index in [1.807, 2.05) is 20.8 Å². The van der Waals surface area contributed by atoms with Crippen LogP contribution in [-0.2, 0) is 9.53 Å². The second kappa shape index (κ2) is 8.31. The molecule has 28 heavy (non-hydrogen) atoms. The maximum absolute atomic E-state index is 12.9. The number of carboxylic acid groups (broad SMARTS) is 1. The van der Waals surface area contributed by atoms with E-state index in [4.69, 9.17) is 9.84 Å². The normalized spacial score (nSPS) is 20.5. The van der Waals surface area contributed by atoms with Gasteiger partial charge in [0.15, 0.2) is 0 Å². The third kappa shape index (κ3) is 5.79. The van der Waals surface area contributed by atoms with E-state index in [-0.39, 0.29) is 6.04 Å². The Kier molecular flexibility index (Phi) is 6.03. The van der Waals surface area contributed by atoms with Crippen molar-refractivity contribution in [3.05, 3.63) is 30.0 Å². The lowest BCUT2D eigenvalue weighted by Gasteiger charge is -2.31. The van der Waals surface area contributed by atoms with Gasteiger partial charge >= 0.3 is 12.1 Å². The summed E-state index contributed by atoms with van der Waals surface area (Å²) in [5, 5.41) is 8.75. The molecule has 1 atom stereocenters. The van der Waals surface area contributed by atoms with Crippen molar-refractivity contribution >= 4 is 24.0 Å². The number of aromatic nitrogens is 1. The van der Waals surface area contributed by atoms with Gasteiger partial charge in [0.1, 0.15) is 11.4 Å². The zero-order valence-electron chi connectivity index (χ0n) is 16.8. The molecule has 0 unspecified atom stereocenters. The molecule has 152 valence electrons. The fourth-order valence-corrected chi connectivity index (χ4v) is 3.40. The fraction of sp³-hybridized carbons (Fsp3) is 0.571.